The van der Waals surface area contributed by atoms with Gasteiger partial charge in [0.2, 0.25) is 0 Å². The molecule has 1 aromatic heterocycles. The summed E-state index contributed by atoms with van der Waals surface area (Å²) in [6, 6.07) is 0.768. The molecule has 4 heterocycles. The van der Waals surface area contributed by atoms with Crippen molar-refractivity contribution in [3.8, 4) is 0 Å². The summed E-state index contributed by atoms with van der Waals surface area (Å²) < 4.78 is 0. The molecule has 0 spiro atoms. The average molecular weight is 308 g/mol. The maximum Gasteiger partial charge on any atom is 0.0925 e. The zero-order chi connectivity index (χ0) is 14.7. The van der Waals surface area contributed by atoms with Gasteiger partial charge in [-0.25, -0.2) is 4.98 Å². The molecule has 3 aliphatic rings. The molecule has 0 radical (unpaired) electrons. The van der Waals surface area contributed by atoms with Gasteiger partial charge in [0.1, 0.15) is 0 Å². The van der Waals surface area contributed by atoms with Crippen LogP contribution in [0.2, 0.25) is 0 Å². The van der Waals surface area contributed by atoms with Crippen LogP contribution in [0.3, 0.4) is 0 Å². The van der Waals surface area contributed by atoms with E-state index in [4.69, 9.17) is 0 Å². The molecule has 118 valence electrons. The number of nitrogens with one attached hydrogen (secondary N) is 1. The van der Waals surface area contributed by atoms with Gasteiger partial charge in [-0.2, -0.15) is 11.8 Å². The standard InChI is InChI=1S/C16H28N4S/c1-13-16(18-12-17-13)11-19-8-14-4-5-15(10-19)20(9-14)6-3-7-21-2/h12,14-15H,3-11H2,1-2H3,(H,17,18)/t14-,15+/m0/s1. The Bertz CT molecular complexity index is 447. The molecule has 2 bridgehead atoms. The molecule has 3 aliphatic heterocycles. The molecule has 4 nitrogen and oxygen atoms in total. The average Bonchev–Trinajstić information content (AvgIpc) is 2.70. The van der Waals surface area contributed by atoms with Crippen molar-refractivity contribution >= 4 is 11.8 Å². The molecule has 0 saturated carbocycles. The van der Waals surface area contributed by atoms with Crippen molar-refractivity contribution < 1.29 is 0 Å². The number of fused-ring (bicyclic) bond motifs is 4. The summed E-state index contributed by atoms with van der Waals surface area (Å²) >= 11 is 1.97. The van der Waals surface area contributed by atoms with Crippen molar-refractivity contribution in [3.05, 3.63) is 17.7 Å². The van der Waals surface area contributed by atoms with Crippen LogP contribution in [0.1, 0.15) is 30.7 Å². The lowest BCUT2D eigenvalue weighted by Crippen LogP contribution is -2.44. The second-order valence-electron chi connectivity index (χ2n) is 6.61. The molecule has 0 aliphatic carbocycles. The maximum absolute atomic E-state index is 4.48. The summed E-state index contributed by atoms with van der Waals surface area (Å²) in [6.45, 7) is 8.22. The molecule has 5 heteroatoms. The minimum Gasteiger partial charge on any atom is -0.348 e. The number of nitrogens with zero attached hydrogens (tertiary/aromatic N) is 3. The molecule has 0 aromatic carbocycles. The van der Waals surface area contributed by atoms with Crippen LogP contribution in [0.25, 0.3) is 0 Å². The fourth-order valence-corrected chi connectivity index (χ4v) is 4.27. The summed E-state index contributed by atoms with van der Waals surface area (Å²) in [5, 5.41) is 0. The highest BCUT2D eigenvalue weighted by molar-refractivity contribution is 7.98. The minimum atomic E-state index is 0.768. The summed E-state index contributed by atoms with van der Waals surface area (Å²) in [5.74, 6) is 2.15. The smallest absolute Gasteiger partial charge is 0.0925 e. The number of rotatable bonds is 6. The first kappa shape index (κ1) is 15.4. The molecule has 0 unspecified atom stereocenters. The summed E-state index contributed by atoms with van der Waals surface area (Å²) in [6.07, 6.45) is 8.18. The van der Waals surface area contributed by atoms with E-state index >= 15 is 0 Å². The van der Waals surface area contributed by atoms with E-state index in [1.165, 1.54) is 62.6 Å². The van der Waals surface area contributed by atoms with Gasteiger partial charge < -0.3 is 4.98 Å². The van der Waals surface area contributed by atoms with Gasteiger partial charge in [0.25, 0.3) is 0 Å². The van der Waals surface area contributed by atoms with E-state index in [1.807, 2.05) is 18.1 Å². The molecule has 0 amide bonds. The number of H-pyrrole nitrogens is 1. The minimum absolute atomic E-state index is 0.768. The molecule has 2 atom stereocenters. The number of piperidine rings is 1. The van der Waals surface area contributed by atoms with Gasteiger partial charge in [0, 0.05) is 37.9 Å². The highest BCUT2D eigenvalue weighted by Gasteiger charge is 2.34. The van der Waals surface area contributed by atoms with Crippen LogP contribution < -0.4 is 0 Å². The van der Waals surface area contributed by atoms with Crippen molar-refractivity contribution in [1.82, 2.24) is 19.8 Å². The second kappa shape index (κ2) is 7.16. The Morgan fingerprint density at radius 3 is 3.00 bits per heavy atom. The summed E-state index contributed by atoms with van der Waals surface area (Å²) in [7, 11) is 0. The Morgan fingerprint density at radius 2 is 2.24 bits per heavy atom. The van der Waals surface area contributed by atoms with Gasteiger partial charge in [-0.15, -0.1) is 0 Å². The third-order valence-electron chi connectivity index (χ3n) is 5.00. The SMILES string of the molecule is CSCCCN1C[C@H]2CC[C@@H]1CN(Cc1nc[nH]c1C)C2. The van der Waals surface area contributed by atoms with E-state index in [2.05, 4.69) is 32.9 Å². The van der Waals surface area contributed by atoms with E-state index in [9.17, 15) is 0 Å². The molecule has 1 aromatic rings. The van der Waals surface area contributed by atoms with Gasteiger partial charge in [-0.1, -0.05) is 0 Å². The third kappa shape index (κ3) is 3.82. The monoisotopic (exact) mass is 308 g/mol. The van der Waals surface area contributed by atoms with Crippen LogP contribution in [-0.2, 0) is 6.54 Å². The number of thioether (sulfide) groups is 1. The number of hydrogen-bond donors (Lipinski definition) is 1. The molecule has 1 N–H and O–H groups in total. The number of aromatic amines is 1. The van der Waals surface area contributed by atoms with Crippen molar-refractivity contribution in [2.24, 2.45) is 5.92 Å². The van der Waals surface area contributed by atoms with Crippen LogP contribution in [-0.4, -0.2) is 64.0 Å². The first-order valence-corrected chi connectivity index (χ1v) is 9.60. The van der Waals surface area contributed by atoms with Crippen LogP contribution >= 0.6 is 11.8 Å². The number of aryl methyl sites for hydroxylation is 1. The number of aromatic nitrogens is 2. The normalized spacial score (nSPS) is 27.1. The topological polar surface area (TPSA) is 35.2 Å². The van der Waals surface area contributed by atoms with Crippen molar-refractivity contribution in [2.75, 3.05) is 38.2 Å². The van der Waals surface area contributed by atoms with E-state index in [-0.39, 0.29) is 0 Å². The Balaban J connectivity index is 1.59. The molecule has 3 fully saturated rings. The van der Waals surface area contributed by atoms with Crippen molar-refractivity contribution in [1.29, 1.82) is 0 Å². The van der Waals surface area contributed by atoms with Crippen LogP contribution in [0.5, 0.6) is 0 Å². The van der Waals surface area contributed by atoms with Gasteiger partial charge in [-0.05, 0) is 50.7 Å². The summed E-state index contributed by atoms with van der Waals surface area (Å²) in [4.78, 5) is 13.1. The molecule has 4 rings (SSSR count). The number of hydrogen-bond acceptors (Lipinski definition) is 4. The highest BCUT2D eigenvalue weighted by Crippen LogP contribution is 2.29. The second-order valence-corrected chi connectivity index (χ2v) is 7.59. The molecular weight excluding hydrogens is 280 g/mol. The Morgan fingerprint density at radius 1 is 1.33 bits per heavy atom. The van der Waals surface area contributed by atoms with Gasteiger partial charge >= 0.3 is 0 Å². The third-order valence-corrected chi connectivity index (χ3v) is 5.70. The zero-order valence-electron chi connectivity index (χ0n) is 13.3. The van der Waals surface area contributed by atoms with Gasteiger partial charge in [0.15, 0.2) is 0 Å². The Kier molecular flexibility index (Phi) is 5.24. The lowest BCUT2D eigenvalue weighted by Gasteiger charge is -2.36. The quantitative estimate of drug-likeness (QED) is 0.818. The van der Waals surface area contributed by atoms with Gasteiger partial charge in [0.05, 0.1) is 12.0 Å². The predicted octanol–water partition coefficient (Wildman–Crippen LogP) is 2.37. The Hall–Kier alpha value is -0.520. The van der Waals surface area contributed by atoms with E-state index in [0.717, 1.165) is 18.5 Å². The largest absolute Gasteiger partial charge is 0.348 e. The van der Waals surface area contributed by atoms with Crippen LogP contribution in [0, 0.1) is 12.8 Å². The van der Waals surface area contributed by atoms with E-state index in [1.54, 1.807) is 0 Å². The van der Waals surface area contributed by atoms with E-state index < -0.39 is 0 Å². The van der Waals surface area contributed by atoms with Crippen LogP contribution in [0.4, 0.5) is 0 Å². The molecule has 3 saturated heterocycles. The predicted molar refractivity (Wildman–Crippen MR) is 89.7 cm³/mol. The molecular formula is C16H28N4S. The zero-order valence-corrected chi connectivity index (χ0v) is 14.2. The summed E-state index contributed by atoms with van der Waals surface area (Å²) in [5.41, 5.74) is 2.45. The highest BCUT2D eigenvalue weighted by atomic mass is 32.2. The number of imidazole rings is 1. The fraction of sp³-hybridized carbons (Fsp3) is 0.812. The fourth-order valence-electron chi connectivity index (χ4n) is 3.85. The van der Waals surface area contributed by atoms with Gasteiger partial charge in [-0.3, -0.25) is 9.80 Å². The maximum atomic E-state index is 4.48. The van der Waals surface area contributed by atoms with Crippen LogP contribution in [0.15, 0.2) is 6.33 Å². The van der Waals surface area contributed by atoms with Crippen molar-refractivity contribution in [3.63, 3.8) is 0 Å². The Labute approximate surface area is 132 Å². The lowest BCUT2D eigenvalue weighted by atomic mass is 9.95. The van der Waals surface area contributed by atoms with Crippen molar-refractivity contribution in [2.45, 2.75) is 38.8 Å². The molecule has 21 heavy (non-hydrogen) atoms. The van der Waals surface area contributed by atoms with E-state index in [0.29, 0.717) is 0 Å². The first-order valence-electron chi connectivity index (χ1n) is 8.20. The lowest BCUT2D eigenvalue weighted by molar-refractivity contribution is 0.131. The first-order chi connectivity index (χ1) is 10.3.